The Hall–Kier alpha value is -3.15. The van der Waals surface area contributed by atoms with Crippen LogP contribution in [0.25, 0.3) is 0 Å². The van der Waals surface area contributed by atoms with Crippen LogP contribution in [0.2, 0.25) is 0 Å². The summed E-state index contributed by atoms with van der Waals surface area (Å²) in [5.41, 5.74) is 6.17. The van der Waals surface area contributed by atoms with E-state index in [4.69, 9.17) is 0 Å². The van der Waals surface area contributed by atoms with E-state index in [2.05, 4.69) is 24.4 Å². The standard InChI is InChI=1S/C29H37N3O3/c1-4-5-8-13-30-28(34)18-32(26-17-25-23(14-20(26)2)11-12-27(25)33)19-29(35)31(3)24-15-21-9-6-7-10-22(21)16-24/h6-7,9-10,14,17,24H,4-5,8,11-13,15-16,18-19H2,1-3H3,(H,30,34). The number of amides is 2. The molecule has 0 radical (unpaired) electrons. The van der Waals surface area contributed by atoms with Gasteiger partial charge in [0.2, 0.25) is 11.8 Å². The minimum atomic E-state index is -0.101. The molecular formula is C29H37N3O3. The molecule has 186 valence electrons. The highest BCUT2D eigenvalue weighted by Gasteiger charge is 2.29. The molecule has 0 bridgehead atoms. The van der Waals surface area contributed by atoms with E-state index >= 15 is 0 Å². The van der Waals surface area contributed by atoms with Crippen LogP contribution in [-0.4, -0.2) is 55.2 Å². The molecule has 35 heavy (non-hydrogen) atoms. The Morgan fingerprint density at radius 2 is 1.71 bits per heavy atom. The summed E-state index contributed by atoms with van der Waals surface area (Å²) in [6, 6.07) is 12.4. The fourth-order valence-corrected chi connectivity index (χ4v) is 5.29. The third kappa shape index (κ3) is 5.75. The zero-order valence-electron chi connectivity index (χ0n) is 21.2. The smallest absolute Gasteiger partial charge is 0.242 e. The number of hydrogen-bond acceptors (Lipinski definition) is 4. The van der Waals surface area contributed by atoms with Gasteiger partial charge in [0, 0.05) is 37.3 Å². The molecule has 0 saturated heterocycles. The summed E-state index contributed by atoms with van der Waals surface area (Å²) in [4.78, 5) is 42.3. The number of fused-ring (bicyclic) bond motifs is 2. The van der Waals surface area contributed by atoms with E-state index in [-0.39, 0.29) is 36.7 Å². The van der Waals surface area contributed by atoms with Crippen molar-refractivity contribution >= 4 is 23.3 Å². The Labute approximate surface area is 208 Å². The minimum Gasteiger partial charge on any atom is -0.355 e. The first-order valence-corrected chi connectivity index (χ1v) is 12.9. The average Bonchev–Trinajstić information content (AvgIpc) is 3.43. The molecule has 0 fully saturated rings. The lowest BCUT2D eigenvalue weighted by Crippen LogP contribution is -2.47. The number of Topliss-reactive ketones (excluding diaryl/α,β-unsaturated/α-hetero) is 1. The number of anilines is 1. The van der Waals surface area contributed by atoms with E-state index in [1.54, 1.807) is 0 Å². The zero-order valence-corrected chi connectivity index (χ0v) is 21.2. The number of likely N-dealkylation sites (N-methyl/N-ethyl adjacent to an activating group) is 1. The van der Waals surface area contributed by atoms with E-state index in [0.29, 0.717) is 13.0 Å². The normalized spacial score (nSPS) is 14.5. The van der Waals surface area contributed by atoms with Crippen molar-refractivity contribution < 1.29 is 14.4 Å². The Kier molecular flexibility index (Phi) is 7.89. The Bertz CT molecular complexity index is 1090. The molecule has 0 saturated carbocycles. The number of aryl methyl sites for hydroxylation is 2. The van der Waals surface area contributed by atoms with Crippen molar-refractivity contribution in [3.05, 3.63) is 64.2 Å². The number of ketones is 1. The van der Waals surface area contributed by atoms with Gasteiger partial charge in [-0.3, -0.25) is 14.4 Å². The van der Waals surface area contributed by atoms with Crippen LogP contribution in [0.5, 0.6) is 0 Å². The molecule has 0 heterocycles. The van der Waals surface area contributed by atoms with Crippen molar-refractivity contribution in [3.8, 4) is 0 Å². The molecule has 2 aromatic carbocycles. The van der Waals surface area contributed by atoms with Crippen LogP contribution in [-0.2, 0) is 28.9 Å². The third-order valence-corrected chi connectivity index (χ3v) is 7.42. The van der Waals surface area contributed by atoms with Crippen molar-refractivity contribution in [2.45, 2.75) is 64.8 Å². The van der Waals surface area contributed by atoms with Gasteiger partial charge in [0.25, 0.3) is 0 Å². The first-order valence-electron chi connectivity index (χ1n) is 12.9. The first-order chi connectivity index (χ1) is 16.9. The summed E-state index contributed by atoms with van der Waals surface area (Å²) in [5, 5.41) is 3.00. The van der Waals surface area contributed by atoms with Crippen molar-refractivity contribution in [2.75, 3.05) is 31.6 Å². The molecule has 2 amide bonds. The Morgan fingerprint density at radius 3 is 2.40 bits per heavy atom. The van der Waals surface area contributed by atoms with Gasteiger partial charge in [-0.2, -0.15) is 0 Å². The predicted molar refractivity (Wildman–Crippen MR) is 139 cm³/mol. The molecular weight excluding hydrogens is 438 g/mol. The fourth-order valence-electron chi connectivity index (χ4n) is 5.29. The molecule has 1 N–H and O–H groups in total. The molecule has 2 aromatic rings. The molecule has 2 aliphatic carbocycles. The number of carbonyl (C=O) groups excluding carboxylic acids is 3. The fraction of sp³-hybridized carbons (Fsp3) is 0.483. The van der Waals surface area contributed by atoms with Gasteiger partial charge in [-0.25, -0.2) is 0 Å². The van der Waals surface area contributed by atoms with Crippen molar-refractivity contribution in [3.63, 3.8) is 0 Å². The lowest BCUT2D eigenvalue weighted by Gasteiger charge is -2.30. The van der Waals surface area contributed by atoms with Gasteiger partial charge in [-0.1, -0.05) is 50.1 Å². The van der Waals surface area contributed by atoms with Crippen LogP contribution in [0.1, 0.15) is 65.2 Å². The first kappa shape index (κ1) is 25.0. The van der Waals surface area contributed by atoms with Gasteiger partial charge in [0.05, 0.1) is 13.1 Å². The number of nitrogens with one attached hydrogen (secondary N) is 1. The quantitative estimate of drug-likeness (QED) is 0.530. The van der Waals surface area contributed by atoms with E-state index in [0.717, 1.165) is 60.9 Å². The molecule has 6 heteroatoms. The SMILES string of the molecule is CCCCCNC(=O)CN(CC(=O)N(C)C1Cc2ccccc2C1)c1cc2c(cc1C)CCC2=O. The monoisotopic (exact) mass is 475 g/mol. The van der Waals surface area contributed by atoms with Crippen molar-refractivity contribution in [1.29, 1.82) is 0 Å². The minimum absolute atomic E-state index is 0.0205. The number of benzene rings is 2. The lowest BCUT2D eigenvalue weighted by atomic mass is 10.0. The second-order valence-electron chi connectivity index (χ2n) is 9.97. The topological polar surface area (TPSA) is 69.7 Å². The van der Waals surface area contributed by atoms with Crippen molar-refractivity contribution in [2.24, 2.45) is 0 Å². The zero-order chi connectivity index (χ0) is 24.9. The largest absolute Gasteiger partial charge is 0.355 e. The van der Waals surface area contributed by atoms with E-state index < -0.39 is 0 Å². The van der Waals surface area contributed by atoms with E-state index in [1.807, 2.05) is 48.0 Å². The second kappa shape index (κ2) is 11.1. The number of rotatable bonds is 10. The molecule has 6 nitrogen and oxygen atoms in total. The molecule has 2 aliphatic rings. The Balaban J connectivity index is 1.50. The predicted octanol–water partition coefficient (Wildman–Crippen LogP) is 3.86. The number of unbranched alkanes of at least 4 members (excludes halogenated alkanes) is 2. The van der Waals surface area contributed by atoms with Crippen LogP contribution in [0, 0.1) is 6.92 Å². The number of hydrogen-bond donors (Lipinski definition) is 1. The van der Waals surface area contributed by atoms with Gasteiger partial charge in [-0.05, 0) is 60.9 Å². The van der Waals surface area contributed by atoms with E-state index in [9.17, 15) is 14.4 Å². The van der Waals surface area contributed by atoms with Gasteiger partial charge in [0.1, 0.15) is 0 Å². The van der Waals surface area contributed by atoms with Gasteiger partial charge < -0.3 is 15.1 Å². The summed E-state index contributed by atoms with van der Waals surface area (Å²) >= 11 is 0. The lowest BCUT2D eigenvalue weighted by molar-refractivity contribution is -0.130. The number of nitrogens with zero attached hydrogens (tertiary/aromatic N) is 2. The number of carbonyl (C=O) groups is 3. The van der Waals surface area contributed by atoms with E-state index in [1.165, 1.54) is 11.1 Å². The third-order valence-electron chi connectivity index (χ3n) is 7.42. The highest BCUT2D eigenvalue weighted by molar-refractivity contribution is 6.01. The van der Waals surface area contributed by atoms with Crippen LogP contribution in [0.4, 0.5) is 5.69 Å². The maximum Gasteiger partial charge on any atom is 0.242 e. The summed E-state index contributed by atoms with van der Waals surface area (Å²) in [7, 11) is 1.86. The van der Waals surface area contributed by atoms with Crippen LogP contribution < -0.4 is 10.2 Å². The molecule has 0 aromatic heterocycles. The second-order valence-corrected chi connectivity index (χ2v) is 9.97. The summed E-state index contributed by atoms with van der Waals surface area (Å²) in [5.74, 6) is 0.0150. The van der Waals surface area contributed by atoms with Crippen LogP contribution in [0.3, 0.4) is 0 Å². The molecule has 0 spiro atoms. The maximum atomic E-state index is 13.4. The van der Waals surface area contributed by atoms with Gasteiger partial charge >= 0.3 is 0 Å². The molecule has 4 rings (SSSR count). The summed E-state index contributed by atoms with van der Waals surface area (Å²) in [6.45, 7) is 4.94. The van der Waals surface area contributed by atoms with Crippen molar-refractivity contribution in [1.82, 2.24) is 10.2 Å². The molecule has 0 aliphatic heterocycles. The summed E-state index contributed by atoms with van der Waals surface area (Å²) < 4.78 is 0. The maximum absolute atomic E-state index is 13.4. The molecule has 0 atom stereocenters. The average molecular weight is 476 g/mol. The Morgan fingerprint density at radius 1 is 1.00 bits per heavy atom. The van der Waals surface area contributed by atoms with Gasteiger partial charge in [-0.15, -0.1) is 0 Å². The summed E-state index contributed by atoms with van der Waals surface area (Å²) in [6.07, 6.45) is 6.10. The van der Waals surface area contributed by atoms with Crippen LogP contribution >= 0.6 is 0 Å². The van der Waals surface area contributed by atoms with Crippen LogP contribution in [0.15, 0.2) is 36.4 Å². The highest BCUT2D eigenvalue weighted by atomic mass is 16.2. The van der Waals surface area contributed by atoms with Gasteiger partial charge in [0.15, 0.2) is 5.78 Å². The molecule has 0 unspecified atom stereocenters. The highest BCUT2D eigenvalue weighted by Crippen LogP contribution is 2.31.